The van der Waals surface area contributed by atoms with Gasteiger partial charge in [-0.05, 0) is 52.2 Å². The first kappa shape index (κ1) is 15.0. The summed E-state index contributed by atoms with van der Waals surface area (Å²) in [7, 11) is 0. The average Bonchev–Trinajstić information content (AvgIpc) is 2.36. The molecule has 100 valence electrons. The molecule has 5 heteroatoms. The summed E-state index contributed by atoms with van der Waals surface area (Å²) in [6.45, 7) is 1.91. The largest absolute Gasteiger partial charge is 0.384 e. The van der Waals surface area contributed by atoms with Crippen LogP contribution in [-0.4, -0.2) is 5.11 Å². The number of aryl methyl sites for hydroxylation is 1. The Morgan fingerprint density at radius 1 is 1.16 bits per heavy atom. The lowest BCUT2D eigenvalue weighted by Crippen LogP contribution is -2.03. The molecule has 0 aliphatic carbocycles. The molecule has 19 heavy (non-hydrogen) atoms. The molecule has 1 nitrogen and oxygen atoms in total. The highest BCUT2D eigenvalue weighted by Gasteiger charge is 2.17. The van der Waals surface area contributed by atoms with Gasteiger partial charge in [0.2, 0.25) is 0 Å². The average molecular weight is 408 g/mol. The van der Waals surface area contributed by atoms with Crippen molar-refractivity contribution in [1.82, 2.24) is 0 Å². The monoisotopic (exact) mass is 406 g/mol. The van der Waals surface area contributed by atoms with Gasteiger partial charge in [-0.25, -0.2) is 4.39 Å². The Morgan fingerprint density at radius 2 is 1.84 bits per heavy atom. The van der Waals surface area contributed by atoms with Gasteiger partial charge in [-0.3, -0.25) is 0 Å². The predicted octanol–water partition coefficient (Wildman–Crippen LogP) is 5.39. The van der Waals surface area contributed by atoms with Crippen LogP contribution < -0.4 is 0 Å². The van der Waals surface area contributed by atoms with Crippen LogP contribution in [0.2, 0.25) is 5.02 Å². The van der Waals surface area contributed by atoms with Gasteiger partial charge < -0.3 is 5.11 Å². The Labute approximate surface area is 132 Å². The third kappa shape index (κ3) is 3.19. The molecule has 0 aliphatic rings. The van der Waals surface area contributed by atoms with Gasteiger partial charge in [0.15, 0.2) is 0 Å². The van der Waals surface area contributed by atoms with Gasteiger partial charge in [0.25, 0.3) is 0 Å². The van der Waals surface area contributed by atoms with E-state index in [9.17, 15) is 9.50 Å². The summed E-state index contributed by atoms with van der Waals surface area (Å²) in [5, 5.41) is 10.6. The van der Waals surface area contributed by atoms with Crippen LogP contribution in [0.4, 0.5) is 4.39 Å². The highest BCUT2D eigenvalue weighted by molar-refractivity contribution is 9.10. The van der Waals surface area contributed by atoms with E-state index in [1.165, 1.54) is 12.1 Å². The fourth-order valence-corrected chi connectivity index (χ4v) is 2.50. The third-order valence-corrected chi connectivity index (χ3v) is 4.92. The zero-order valence-corrected chi connectivity index (χ0v) is 13.9. The van der Waals surface area contributed by atoms with Crippen LogP contribution in [0.3, 0.4) is 0 Å². The van der Waals surface area contributed by atoms with E-state index in [4.69, 9.17) is 11.6 Å². The summed E-state index contributed by atoms with van der Waals surface area (Å²) in [5.41, 5.74) is 1.76. The molecule has 0 spiro atoms. The van der Waals surface area contributed by atoms with Gasteiger partial charge in [-0.1, -0.05) is 39.7 Å². The molecule has 0 heterocycles. The maximum atomic E-state index is 13.9. The van der Waals surface area contributed by atoms with Crippen molar-refractivity contribution in [2.75, 3.05) is 0 Å². The Morgan fingerprint density at radius 3 is 2.47 bits per heavy atom. The summed E-state index contributed by atoms with van der Waals surface area (Å²) < 4.78 is 15.3. The number of hydrogen-bond donors (Lipinski definition) is 1. The Hall–Kier alpha value is -0.420. The molecule has 0 saturated carbocycles. The number of rotatable bonds is 2. The second kappa shape index (κ2) is 5.92. The standard InChI is InChI=1S/C14H10Br2ClFO/c1-7-4-8(2-3-10(7)15)14(19)9-5-12(17)11(16)6-13(9)18/h2-6,14,19H,1H3. The maximum Gasteiger partial charge on any atom is 0.130 e. The lowest BCUT2D eigenvalue weighted by Gasteiger charge is -2.14. The van der Waals surface area contributed by atoms with Crippen molar-refractivity contribution >= 4 is 43.5 Å². The lowest BCUT2D eigenvalue weighted by molar-refractivity contribution is 0.215. The van der Waals surface area contributed by atoms with Crippen LogP contribution >= 0.6 is 43.5 Å². The maximum absolute atomic E-state index is 13.9. The normalized spacial score (nSPS) is 12.5. The number of halogens is 4. The van der Waals surface area contributed by atoms with E-state index in [0.29, 0.717) is 15.1 Å². The van der Waals surface area contributed by atoms with Crippen molar-refractivity contribution < 1.29 is 9.50 Å². The molecule has 0 amide bonds. The van der Waals surface area contributed by atoms with Crippen molar-refractivity contribution in [3.63, 3.8) is 0 Å². The molecule has 2 aromatic carbocycles. The molecular formula is C14H10Br2ClFO. The molecule has 0 saturated heterocycles. The van der Waals surface area contributed by atoms with Crippen LogP contribution in [-0.2, 0) is 0 Å². The summed E-state index contributed by atoms with van der Waals surface area (Å²) >= 11 is 12.5. The summed E-state index contributed by atoms with van der Waals surface area (Å²) in [6, 6.07) is 8.07. The number of aliphatic hydroxyl groups is 1. The van der Waals surface area contributed by atoms with Crippen LogP contribution in [0, 0.1) is 12.7 Å². The van der Waals surface area contributed by atoms with E-state index in [2.05, 4.69) is 31.9 Å². The van der Waals surface area contributed by atoms with E-state index >= 15 is 0 Å². The number of aliphatic hydroxyl groups excluding tert-OH is 1. The van der Waals surface area contributed by atoms with Gasteiger partial charge in [0, 0.05) is 14.5 Å². The SMILES string of the molecule is Cc1cc(C(O)c2cc(Cl)c(Br)cc2F)ccc1Br. The van der Waals surface area contributed by atoms with Crippen LogP contribution in [0.15, 0.2) is 39.3 Å². The van der Waals surface area contributed by atoms with Gasteiger partial charge in [-0.15, -0.1) is 0 Å². The molecule has 0 aromatic heterocycles. The van der Waals surface area contributed by atoms with Gasteiger partial charge >= 0.3 is 0 Å². The minimum Gasteiger partial charge on any atom is -0.384 e. The first-order chi connectivity index (χ1) is 8.90. The molecule has 2 aromatic rings. The van der Waals surface area contributed by atoms with Crippen LogP contribution in [0.5, 0.6) is 0 Å². The summed E-state index contributed by atoms with van der Waals surface area (Å²) in [6.07, 6.45) is -1.04. The second-order valence-corrected chi connectivity index (χ2v) is 6.31. The Balaban J connectivity index is 2.46. The van der Waals surface area contributed by atoms with Crippen molar-refractivity contribution in [2.45, 2.75) is 13.0 Å². The highest BCUT2D eigenvalue weighted by Crippen LogP contribution is 2.32. The second-order valence-electron chi connectivity index (χ2n) is 4.20. The quantitative estimate of drug-likeness (QED) is 0.660. The zero-order valence-electron chi connectivity index (χ0n) is 9.92. The van der Waals surface area contributed by atoms with Crippen molar-refractivity contribution in [3.05, 3.63) is 66.8 Å². The predicted molar refractivity (Wildman–Crippen MR) is 82.1 cm³/mol. The van der Waals surface area contributed by atoms with E-state index in [1.807, 2.05) is 19.1 Å². The van der Waals surface area contributed by atoms with Crippen LogP contribution in [0.25, 0.3) is 0 Å². The minimum absolute atomic E-state index is 0.162. The molecule has 0 fully saturated rings. The van der Waals surface area contributed by atoms with Crippen molar-refractivity contribution in [3.8, 4) is 0 Å². The van der Waals surface area contributed by atoms with Crippen molar-refractivity contribution in [2.24, 2.45) is 0 Å². The molecule has 2 rings (SSSR count). The van der Waals surface area contributed by atoms with Crippen LogP contribution in [0.1, 0.15) is 22.8 Å². The molecule has 0 aliphatic heterocycles. The number of hydrogen-bond acceptors (Lipinski definition) is 1. The first-order valence-electron chi connectivity index (χ1n) is 5.48. The van der Waals surface area contributed by atoms with Gasteiger partial charge in [0.05, 0.1) is 5.02 Å². The fraction of sp³-hybridized carbons (Fsp3) is 0.143. The van der Waals surface area contributed by atoms with E-state index < -0.39 is 11.9 Å². The minimum atomic E-state index is -1.04. The molecule has 0 radical (unpaired) electrons. The lowest BCUT2D eigenvalue weighted by atomic mass is 9.99. The molecule has 0 bridgehead atoms. The molecule has 1 unspecified atom stereocenters. The zero-order chi connectivity index (χ0) is 14.2. The Kier molecular flexibility index (Phi) is 4.66. The molecular weight excluding hydrogens is 398 g/mol. The summed E-state index contributed by atoms with van der Waals surface area (Å²) in [5.74, 6) is -0.496. The smallest absolute Gasteiger partial charge is 0.130 e. The number of benzene rings is 2. The fourth-order valence-electron chi connectivity index (χ4n) is 1.77. The molecule has 1 atom stereocenters. The van der Waals surface area contributed by atoms with Gasteiger partial charge in [0.1, 0.15) is 11.9 Å². The van der Waals surface area contributed by atoms with Gasteiger partial charge in [-0.2, -0.15) is 0 Å². The first-order valence-corrected chi connectivity index (χ1v) is 7.45. The Bertz CT molecular complexity index is 631. The van der Waals surface area contributed by atoms with Crippen molar-refractivity contribution in [1.29, 1.82) is 0 Å². The molecule has 1 N–H and O–H groups in total. The summed E-state index contributed by atoms with van der Waals surface area (Å²) in [4.78, 5) is 0. The highest BCUT2D eigenvalue weighted by atomic mass is 79.9. The van der Waals surface area contributed by atoms with E-state index in [0.717, 1.165) is 10.0 Å². The topological polar surface area (TPSA) is 20.2 Å². The van der Waals surface area contributed by atoms with E-state index in [1.54, 1.807) is 6.07 Å². The third-order valence-electron chi connectivity index (χ3n) is 2.83. The van der Waals surface area contributed by atoms with E-state index in [-0.39, 0.29) is 5.56 Å².